The lowest BCUT2D eigenvalue weighted by Gasteiger charge is -2.13. The topological polar surface area (TPSA) is 62.4 Å². The van der Waals surface area contributed by atoms with E-state index >= 15 is 0 Å². The number of ether oxygens (including phenoxy) is 1. The summed E-state index contributed by atoms with van der Waals surface area (Å²) in [4.78, 5) is 12.1. The monoisotopic (exact) mass is 441 g/mol. The van der Waals surface area contributed by atoms with Gasteiger partial charge in [-0.25, -0.2) is 0 Å². The third-order valence-corrected chi connectivity index (χ3v) is 5.18. The highest BCUT2D eigenvalue weighted by atomic mass is 32.1. The number of amides is 1. The van der Waals surface area contributed by atoms with Crippen LogP contribution in [-0.2, 0) is 11.3 Å². The first-order chi connectivity index (χ1) is 15.7. The van der Waals surface area contributed by atoms with Crippen molar-refractivity contribution in [2.75, 3.05) is 6.61 Å². The van der Waals surface area contributed by atoms with Gasteiger partial charge in [0.1, 0.15) is 5.75 Å². The van der Waals surface area contributed by atoms with Crippen LogP contribution in [0.4, 0.5) is 0 Å². The molecule has 0 aliphatic carbocycles. The van der Waals surface area contributed by atoms with E-state index in [1.807, 2.05) is 60.7 Å². The molecule has 160 valence electrons. The second-order valence-electron chi connectivity index (χ2n) is 7.18. The molecule has 0 saturated heterocycles. The van der Waals surface area contributed by atoms with Crippen molar-refractivity contribution in [3.63, 3.8) is 0 Å². The van der Waals surface area contributed by atoms with Gasteiger partial charge in [-0.05, 0) is 40.4 Å². The number of rotatable bonds is 6. The number of fused-ring (bicyclic) bond motifs is 1. The number of hydrogen-bond acceptors (Lipinski definition) is 3. The molecule has 0 fully saturated rings. The molecular weight excluding hydrogens is 418 g/mol. The normalized spacial score (nSPS) is 10.4. The maximum Gasteiger partial charge on any atom is 0.276 e. The largest absolute Gasteiger partial charge is 0.483 e. The van der Waals surface area contributed by atoms with Gasteiger partial charge in [-0.2, -0.15) is 0 Å². The standard InChI is InChI=1S/C26H23N3O2S/c30-25(18-31-24-12-6-10-22-9-4-5-11-23(22)24)28-29-26(32)27-17-19-13-15-21(16-14-19)20-7-2-1-3-8-20/h1-16H,17-18H2,(H,28,30)(H2,27,29,32). The zero-order chi connectivity index (χ0) is 22.2. The van der Waals surface area contributed by atoms with Gasteiger partial charge in [0.2, 0.25) is 0 Å². The summed E-state index contributed by atoms with van der Waals surface area (Å²) in [6.07, 6.45) is 0. The quantitative estimate of drug-likeness (QED) is 0.302. The van der Waals surface area contributed by atoms with Gasteiger partial charge >= 0.3 is 0 Å². The number of nitrogens with one attached hydrogen (secondary N) is 3. The minimum Gasteiger partial charge on any atom is -0.483 e. The summed E-state index contributed by atoms with van der Waals surface area (Å²) in [5, 5.41) is 5.43. The summed E-state index contributed by atoms with van der Waals surface area (Å²) in [7, 11) is 0. The molecule has 1 amide bonds. The summed E-state index contributed by atoms with van der Waals surface area (Å²) in [6, 6.07) is 32.1. The van der Waals surface area contributed by atoms with Gasteiger partial charge in [-0.3, -0.25) is 15.6 Å². The highest BCUT2D eigenvalue weighted by Gasteiger charge is 2.06. The maximum atomic E-state index is 12.1. The van der Waals surface area contributed by atoms with Gasteiger partial charge in [0.25, 0.3) is 5.91 Å². The molecule has 6 heteroatoms. The third-order valence-electron chi connectivity index (χ3n) is 4.94. The van der Waals surface area contributed by atoms with Crippen LogP contribution in [0.15, 0.2) is 97.1 Å². The molecule has 0 saturated carbocycles. The van der Waals surface area contributed by atoms with E-state index in [-0.39, 0.29) is 12.5 Å². The number of hydrogen-bond donors (Lipinski definition) is 3. The molecule has 0 spiro atoms. The first-order valence-corrected chi connectivity index (χ1v) is 10.7. The van der Waals surface area contributed by atoms with Crippen molar-refractivity contribution in [2.24, 2.45) is 0 Å². The number of carbonyl (C=O) groups excluding carboxylic acids is 1. The molecule has 3 N–H and O–H groups in total. The molecule has 0 aliphatic rings. The molecule has 0 aliphatic heterocycles. The Balaban J connectivity index is 1.20. The first kappa shape index (κ1) is 21.3. The van der Waals surface area contributed by atoms with Crippen molar-refractivity contribution in [1.29, 1.82) is 0 Å². The van der Waals surface area contributed by atoms with Crippen LogP contribution in [-0.4, -0.2) is 17.6 Å². The van der Waals surface area contributed by atoms with Crippen molar-refractivity contribution in [2.45, 2.75) is 6.54 Å². The molecule has 0 heterocycles. The van der Waals surface area contributed by atoms with Gasteiger partial charge < -0.3 is 10.1 Å². The highest BCUT2D eigenvalue weighted by molar-refractivity contribution is 7.80. The molecule has 0 radical (unpaired) electrons. The Hall–Kier alpha value is -3.90. The molecule has 4 aromatic rings. The van der Waals surface area contributed by atoms with Crippen molar-refractivity contribution in [3.8, 4) is 16.9 Å². The fourth-order valence-electron chi connectivity index (χ4n) is 3.30. The van der Waals surface area contributed by atoms with Crippen molar-refractivity contribution < 1.29 is 9.53 Å². The van der Waals surface area contributed by atoms with Crippen LogP contribution < -0.4 is 20.9 Å². The van der Waals surface area contributed by atoms with Gasteiger partial charge in [-0.15, -0.1) is 0 Å². The van der Waals surface area contributed by atoms with E-state index in [2.05, 4.69) is 52.6 Å². The molecule has 0 atom stereocenters. The van der Waals surface area contributed by atoms with E-state index in [0.717, 1.165) is 21.9 Å². The van der Waals surface area contributed by atoms with E-state index in [9.17, 15) is 4.79 Å². The SMILES string of the molecule is O=C(COc1cccc2ccccc12)NNC(=S)NCc1ccc(-c2ccccc2)cc1. The smallest absolute Gasteiger partial charge is 0.276 e. The Bertz CT molecular complexity index is 1210. The van der Waals surface area contributed by atoms with Crippen LogP contribution >= 0.6 is 12.2 Å². The lowest BCUT2D eigenvalue weighted by molar-refractivity contribution is -0.123. The minimum atomic E-state index is -0.325. The Morgan fingerprint density at radius 2 is 1.44 bits per heavy atom. The Morgan fingerprint density at radius 1 is 0.750 bits per heavy atom. The highest BCUT2D eigenvalue weighted by Crippen LogP contribution is 2.25. The molecule has 4 aromatic carbocycles. The van der Waals surface area contributed by atoms with Crippen LogP contribution in [0, 0.1) is 0 Å². The maximum absolute atomic E-state index is 12.1. The summed E-state index contributed by atoms with van der Waals surface area (Å²) in [6.45, 7) is 0.424. The zero-order valence-corrected chi connectivity index (χ0v) is 18.2. The predicted octanol–water partition coefficient (Wildman–Crippen LogP) is 4.58. The van der Waals surface area contributed by atoms with Gasteiger partial charge in [0.15, 0.2) is 11.7 Å². The fourth-order valence-corrected chi connectivity index (χ4v) is 3.42. The molecule has 5 nitrogen and oxygen atoms in total. The lowest BCUT2D eigenvalue weighted by Crippen LogP contribution is -2.48. The minimum absolute atomic E-state index is 0.120. The number of thiocarbonyl (C=S) groups is 1. The zero-order valence-electron chi connectivity index (χ0n) is 17.4. The van der Waals surface area contributed by atoms with E-state index in [0.29, 0.717) is 17.4 Å². The van der Waals surface area contributed by atoms with Crippen LogP contribution in [0.1, 0.15) is 5.56 Å². The Labute approximate surface area is 192 Å². The Morgan fingerprint density at radius 3 is 2.25 bits per heavy atom. The van der Waals surface area contributed by atoms with Crippen LogP contribution in [0.2, 0.25) is 0 Å². The summed E-state index contributed by atoms with van der Waals surface area (Å²) < 4.78 is 5.67. The molecule has 4 rings (SSSR count). The second kappa shape index (κ2) is 10.4. The van der Waals surface area contributed by atoms with E-state index in [4.69, 9.17) is 17.0 Å². The van der Waals surface area contributed by atoms with E-state index in [1.165, 1.54) is 5.56 Å². The first-order valence-electron chi connectivity index (χ1n) is 10.3. The average Bonchev–Trinajstić information content (AvgIpc) is 2.85. The molecule has 0 bridgehead atoms. The lowest BCUT2D eigenvalue weighted by atomic mass is 10.0. The number of hydrazine groups is 1. The average molecular weight is 442 g/mol. The van der Waals surface area contributed by atoms with Crippen LogP contribution in [0.3, 0.4) is 0 Å². The van der Waals surface area contributed by atoms with Gasteiger partial charge in [-0.1, -0.05) is 91.0 Å². The second-order valence-corrected chi connectivity index (χ2v) is 7.59. The molecular formula is C26H23N3O2S. The van der Waals surface area contributed by atoms with Crippen LogP contribution in [0.25, 0.3) is 21.9 Å². The summed E-state index contributed by atoms with van der Waals surface area (Å²) in [5.74, 6) is 0.340. The van der Waals surface area contributed by atoms with E-state index < -0.39 is 0 Å². The number of benzene rings is 4. The van der Waals surface area contributed by atoms with Gasteiger partial charge in [0, 0.05) is 11.9 Å². The van der Waals surface area contributed by atoms with Crippen molar-refractivity contribution in [1.82, 2.24) is 16.2 Å². The number of carbonyl (C=O) groups is 1. The van der Waals surface area contributed by atoms with Crippen molar-refractivity contribution >= 4 is 34.0 Å². The van der Waals surface area contributed by atoms with Gasteiger partial charge in [0.05, 0.1) is 0 Å². The Kier molecular flexibility index (Phi) is 6.94. The third kappa shape index (κ3) is 5.62. The predicted molar refractivity (Wildman–Crippen MR) is 132 cm³/mol. The summed E-state index contributed by atoms with van der Waals surface area (Å²) >= 11 is 5.24. The fraction of sp³-hybridized carbons (Fsp3) is 0.0769. The summed E-state index contributed by atoms with van der Waals surface area (Å²) in [5.41, 5.74) is 8.68. The van der Waals surface area contributed by atoms with Crippen molar-refractivity contribution in [3.05, 3.63) is 103 Å². The molecule has 0 unspecified atom stereocenters. The molecule has 32 heavy (non-hydrogen) atoms. The van der Waals surface area contributed by atoms with E-state index in [1.54, 1.807) is 0 Å². The van der Waals surface area contributed by atoms with Crippen LogP contribution in [0.5, 0.6) is 5.75 Å². The molecule has 0 aromatic heterocycles.